The van der Waals surface area contributed by atoms with E-state index in [1.54, 1.807) is 0 Å². The van der Waals surface area contributed by atoms with Crippen molar-refractivity contribution in [3.05, 3.63) is 47.2 Å². The van der Waals surface area contributed by atoms with Crippen LogP contribution in [0.3, 0.4) is 0 Å². The van der Waals surface area contributed by atoms with Gasteiger partial charge in [-0.1, -0.05) is 11.6 Å². The minimum atomic E-state index is -4.08. The zero-order valence-corrected chi connectivity index (χ0v) is 12.5. The molecule has 0 unspecified atom stereocenters. The molecule has 2 aromatic rings. The first-order chi connectivity index (χ1) is 9.83. The number of anilines is 2. The molecule has 0 radical (unpaired) electrons. The van der Waals surface area contributed by atoms with Gasteiger partial charge >= 0.3 is 0 Å². The van der Waals surface area contributed by atoms with Gasteiger partial charge < -0.3 is 10.5 Å². The highest BCUT2D eigenvalue weighted by molar-refractivity contribution is 7.92. The van der Waals surface area contributed by atoms with E-state index in [-0.39, 0.29) is 16.4 Å². The summed E-state index contributed by atoms with van der Waals surface area (Å²) in [6.07, 6.45) is 0. The minimum absolute atomic E-state index is 0.111. The number of methoxy groups -OCH3 is 1. The molecule has 0 heterocycles. The predicted molar refractivity (Wildman–Crippen MR) is 79.6 cm³/mol. The van der Waals surface area contributed by atoms with Crippen molar-refractivity contribution in [1.29, 1.82) is 0 Å². The monoisotopic (exact) mass is 330 g/mol. The average Bonchev–Trinajstić information content (AvgIpc) is 2.37. The molecule has 0 spiro atoms. The van der Waals surface area contributed by atoms with Gasteiger partial charge in [0.25, 0.3) is 10.0 Å². The number of rotatable bonds is 4. The standard InChI is InChI=1S/C13H12ClFN2O3S/c1-20-12-4-3-9(7-11(12)16)17-21(18,19)13-5-2-8(14)6-10(13)15/h2-7,17H,16H2,1H3. The fourth-order valence-electron chi connectivity index (χ4n) is 1.70. The molecule has 2 aromatic carbocycles. The lowest BCUT2D eigenvalue weighted by atomic mass is 10.2. The van der Waals surface area contributed by atoms with Crippen molar-refractivity contribution in [2.75, 3.05) is 17.6 Å². The van der Waals surface area contributed by atoms with Gasteiger partial charge in [-0.2, -0.15) is 0 Å². The van der Waals surface area contributed by atoms with E-state index in [2.05, 4.69) is 4.72 Å². The van der Waals surface area contributed by atoms with Crippen molar-refractivity contribution in [3.8, 4) is 5.75 Å². The van der Waals surface area contributed by atoms with Crippen LogP contribution < -0.4 is 15.2 Å². The van der Waals surface area contributed by atoms with Crippen molar-refractivity contribution in [2.24, 2.45) is 0 Å². The number of nitrogen functional groups attached to an aromatic ring is 1. The van der Waals surface area contributed by atoms with Crippen LogP contribution in [0.5, 0.6) is 5.75 Å². The molecule has 0 aliphatic heterocycles. The maximum absolute atomic E-state index is 13.7. The Bertz CT molecular complexity index is 781. The Balaban J connectivity index is 2.35. The molecule has 3 N–H and O–H groups in total. The SMILES string of the molecule is COc1ccc(NS(=O)(=O)c2ccc(Cl)cc2F)cc1N. The second-order valence-corrected chi connectivity index (χ2v) is 6.22. The van der Waals surface area contributed by atoms with Gasteiger partial charge in [0.2, 0.25) is 0 Å². The summed E-state index contributed by atoms with van der Waals surface area (Å²) in [4.78, 5) is -0.499. The summed E-state index contributed by atoms with van der Waals surface area (Å²) in [5, 5.41) is 0.111. The summed E-state index contributed by atoms with van der Waals surface area (Å²) in [5.41, 5.74) is 6.14. The topological polar surface area (TPSA) is 81.4 Å². The van der Waals surface area contributed by atoms with Crippen LogP contribution in [0.4, 0.5) is 15.8 Å². The smallest absolute Gasteiger partial charge is 0.264 e. The van der Waals surface area contributed by atoms with Gasteiger partial charge in [-0.3, -0.25) is 4.72 Å². The van der Waals surface area contributed by atoms with Crippen molar-refractivity contribution in [2.45, 2.75) is 4.90 Å². The number of sulfonamides is 1. The molecule has 0 amide bonds. The second kappa shape index (κ2) is 5.79. The summed E-state index contributed by atoms with van der Waals surface area (Å²) < 4.78 is 45.2. The summed E-state index contributed by atoms with van der Waals surface area (Å²) in [6.45, 7) is 0. The van der Waals surface area contributed by atoms with Gasteiger partial charge in [0.1, 0.15) is 16.5 Å². The summed E-state index contributed by atoms with van der Waals surface area (Å²) in [5.74, 6) is -0.521. The van der Waals surface area contributed by atoms with Gasteiger partial charge in [-0.25, -0.2) is 12.8 Å². The van der Waals surface area contributed by atoms with Gasteiger partial charge in [0, 0.05) is 5.02 Å². The third kappa shape index (κ3) is 3.37. The largest absolute Gasteiger partial charge is 0.495 e. The van der Waals surface area contributed by atoms with E-state index in [1.165, 1.54) is 31.4 Å². The van der Waals surface area contributed by atoms with Gasteiger partial charge in [-0.05, 0) is 36.4 Å². The third-order valence-corrected chi connectivity index (χ3v) is 4.32. The minimum Gasteiger partial charge on any atom is -0.495 e. The van der Waals surface area contributed by atoms with Crippen LogP contribution in [-0.2, 0) is 10.0 Å². The van der Waals surface area contributed by atoms with Crippen LogP contribution in [-0.4, -0.2) is 15.5 Å². The Labute approximate surface area is 126 Å². The van der Waals surface area contributed by atoms with Crippen molar-refractivity contribution in [1.82, 2.24) is 0 Å². The molecule has 0 fully saturated rings. The van der Waals surface area contributed by atoms with Gasteiger partial charge in [0.05, 0.1) is 18.5 Å². The Morgan fingerprint density at radius 1 is 1.24 bits per heavy atom. The van der Waals surface area contributed by atoms with E-state index in [0.717, 1.165) is 12.1 Å². The summed E-state index contributed by atoms with van der Waals surface area (Å²) >= 11 is 5.60. The molecule has 0 aromatic heterocycles. The lowest BCUT2D eigenvalue weighted by Gasteiger charge is -2.11. The van der Waals surface area contributed by atoms with Gasteiger partial charge in [-0.15, -0.1) is 0 Å². The third-order valence-electron chi connectivity index (χ3n) is 2.67. The van der Waals surface area contributed by atoms with E-state index in [0.29, 0.717) is 5.75 Å². The van der Waals surface area contributed by atoms with Crippen LogP contribution in [0.2, 0.25) is 5.02 Å². The highest BCUT2D eigenvalue weighted by Gasteiger charge is 2.19. The maximum Gasteiger partial charge on any atom is 0.264 e. The van der Waals surface area contributed by atoms with E-state index in [4.69, 9.17) is 22.1 Å². The van der Waals surface area contributed by atoms with Crippen LogP contribution >= 0.6 is 11.6 Å². The first-order valence-electron chi connectivity index (χ1n) is 5.75. The summed E-state index contributed by atoms with van der Waals surface area (Å²) in [6, 6.07) is 7.66. The molecule has 5 nitrogen and oxygen atoms in total. The summed E-state index contributed by atoms with van der Waals surface area (Å²) in [7, 11) is -2.63. The highest BCUT2D eigenvalue weighted by Crippen LogP contribution is 2.27. The number of ether oxygens (including phenoxy) is 1. The zero-order valence-electron chi connectivity index (χ0n) is 10.9. The molecule has 0 saturated heterocycles. The molecular formula is C13H12ClFN2O3S. The Morgan fingerprint density at radius 3 is 2.52 bits per heavy atom. The Kier molecular flexibility index (Phi) is 4.24. The first-order valence-corrected chi connectivity index (χ1v) is 7.61. The van der Waals surface area contributed by atoms with Crippen molar-refractivity contribution >= 4 is 33.0 Å². The molecule has 0 aliphatic carbocycles. The molecule has 21 heavy (non-hydrogen) atoms. The molecule has 0 atom stereocenters. The maximum atomic E-state index is 13.7. The van der Waals surface area contributed by atoms with E-state index in [9.17, 15) is 12.8 Å². The normalized spacial score (nSPS) is 11.2. The number of nitrogens with two attached hydrogens (primary N) is 1. The fourth-order valence-corrected chi connectivity index (χ4v) is 2.97. The first kappa shape index (κ1) is 15.4. The lowest BCUT2D eigenvalue weighted by Crippen LogP contribution is -2.14. The van der Waals surface area contributed by atoms with Crippen molar-refractivity contribution < 1.29 is 17.5 Å². The highest BCUT2D eigenvalue weighted by atomic mass is 35.5. The average molecular weight is 331 g/mol. The lowest BCUT2D eigenvalue weighted by molar-refractivity contribution is 0.417. The number of nitrogens with one attached hydrogen (secondary N) is 1. The predicted octanol–water partition coefficient (Wildman–Crippen LogP) is 2.87. The molecule has 0 aliphatic rings. The van der Waals surface area contributed by atoms with Crippen LogP contribution in [0, 0.1) is 5.82 Å². The molecule has 112 valence electrons. The molecule has 0 saturated carbocycles. The number of hydrogen-bond donors (Lipinski definition) is 2. The van der Waals surface area contributed by atoms with Gasteiger partial charge in [0.15, 0.2) is 0 Å². The fraction of sp³-hybridized carbons (Fsp3) is 0.0769. The van der Waals surface area contributed by atoms with E-state index >= 15 is 0 Å². The molecule has 8 heteroatoms. The van der Waals surface area contributed by atoms with Crippen LogP contribution in [0.15, 0.2) is 41.3 Å². The van der Waals surface area contributed by atoms with E-state index in [1.807, 2.05) is 0 Å². The second-order valence-electron chi connectivity index (χ2n) is 4.14. The number of hydrogen-bond acceptors (Lipinski definition) is 4. The Hall–Kier alpha value is -1.99. The number of benzene rings is 2. The number of halogens is 2. The van der Waals surface area contributed by atoms with Crippen molar-refractivity contribution in [3.63, 3.8) is 0 Å². The van der Waals surface area contributed by atoms with Crippen LogP contribution in [0.1, 0.15) is 0 Å². The molecule has 2 rings (SSSR count). The molecule has 0 bridgehead atoms. The Morgan fingerprint density at radius 2 is 1.95 bits per heavy atom. The van der Waals surface area contributed by atoms with Crippen LogP contribution in [0.25, 0.3) is 0 Å². The van der Waals surface area contributed by atoms with E-state index < -0.39 is 20.7 Å². The molecular weight excluding hydrogens is 319 g/mol. The zero-order chi connectivity index (χ0) is 15.6. The quantitative estimate of drug-likeness (QED) is 0.845.